The van der Waals surface area contributed by atoms with Crippen molar-refractivity contribution in [3.05, 3.63) is 59.7 Å². The molecule has 0 spiro atoms. The van der Waals surface area contributed by atoms with Crippen molar-refractivity contribution in [3.63, 3.8) is 0 Å². The summed E-state index contributed by atoms with van der Waals surface area (Å²) >= 11 is 1.77. The van der Waals surface area contributed by atoms with E-state index in [1.165, 1.54) is 16.0 Å². The molecule has 3 aromatic rings. The summed E-state index contributed by atoms with van der Waals surface area (Å²) in [4.78, 5) is 8.46. The second-order valence-electron chi connectivity index (χ2n) is 3.98. The molecule has 2 heterocycles. The molecule has 3 rings (SSSR count). The predicted octanol–water partition coefficient (Wildman–Crippen LogP) is 3.75. The van der Waals surface area contributed by atoms with E-state index in [0.29, 0.717) is 0 Å². The Labute approximate surface area is 110 Å². The maximum absolute atomic E-state index is 4.13. The Morgan fingerprint density at radius 1 is 1.22 bits per heavy atom. The lowest BCUT2D eigenvalue weighted by Crippen LogP contribution is -1.99. The van der Waals surface area contributed by atoms with Crippen LogP contribution < -0.4 is 5.32 Å². The van der Waals surface area contributed by atoms with Crippen LogP contribution in [0.25, 0.3) is 10.4 Å². The molecule has 90 valence electrons. The summed E-state index contributed by atoms with van der Waals surface area (Å²) in [5.74, 6) is 0.808. The van der Waals surface area contributed by atoms with Gasteiger partial charge in [-0.15, -0.1) is 11.3 Å². The van der Waals surface area contributed by atoms with Crippen LogP contribution in [0.2, 0.25) is 0 Å². The number of anilines is 1. The van der Waals surface area contributed by atoms with Crippen LogP contribution in [0, 0.1) is 0 Å². The topological polar surface area (TPSA) is 40.7 Å². The van der Waals surface area contributed by atoms with Crippen LogP contribution in [0.15, 0.2) is 54.2 Å². The Kier molecular flexibility index (Phi) is 3.10. The zero-order valence-corrected chi connectivity index (χ0v) is 10.6. The largest absolute Gasteiger partial charge is 0.352 e. The maximum Gasteiger partial charge on any atom is 0.200 e. The molecular formula is C14H13N3S. The first-order valence-electron chi connectivity index (χ1n) is 5.78. The minimum Gasteiger partial charge on any atom is -0.352 e. The van der Waals surface area contributed by atoms with Crippen molar-refractivity contribution in [2.45, 2.75) is 6.54 Å². The van der Waals surface area contributed by atoms with Crippen LogP contribution in [0.4, 0.5) is 5.95 Å². The molecule has 2 N–H and O–H groups in total. The molecule has 0 unspecified atom stereocenters. The monoisotopic (exact) mass is 255 g/mol. The molecule has 0 saturated heterocycles. The fraction of sp³-hybridized carbons (Fsp3) is 0.0714. The molecule has 0 fully saturated rings. The van der Waals surface area contributed by atoms with Crippen molar-refractivity contribution < 1.29 is 0 Å². The van der Waals surface area contributed by atoms with E-state index in [0.717, 1.165) is 12.5 Å². The number of aromatic amines is 1. The lowest BCUT2D eigenvalue weighted by atomic mass is 10.2. The minimum atomic E-state index is 0.789. The first-order valence-corrected chi connectivity index (χ1v) is 6.66. The summed E-state index contributed by atoms with van der Waals surface area (Å²) in [6.07, 6.45) is 3.55. The van der Waals surface area contributed by atoms with Crippen molar-refractivity contribution in [1.82, 2.24) is 9.97 Å². The molecule has 2 aromatic heterocycles. The van der Waals surface area contributed by atoms with Gasteiger partial charge in [-0.05, 0) is 22.6 Å². The fourth-order valence-corrected chi connectivity index (χ4v) is 2.69. The molecule has 3 nitrogen and oxygen atoms in total. The average Bonchev–Trinajstić information content (AvgIpc) is 3.09. The number of hydrogen-bond acceptors (Lipinski definition) is 3. The van der Waals surface area contributed by atoms with Gasteiger partial charge in [-0.2, -0.15) is 0 Å². The van der Waals surface area contributed by atoms with Gasteiger partial charge in [-0.1, -0.05) is 30.3 Å². The van der Waals surface area contributed by atoms with Crippen LogP contribution >= 0.6 is 11.3 Å². The van der Waals surface area contributed by atoms with E-state index in [-0.39, 0.29) is 0 Å². The second kappa shape index (κ2) is 5.06. The maximum atomic E-state index is 4.13. The van der Waals surface area contributed by atoms with E-state index < -0.39 is 0 Å². The molecule has 18 heavy (non-hydrogen) atoms. The number of rotatable bonds is 4. The van der Waals surface area contributed by atoms with E-state index in [4.69, 9.17) is 0 Å². The zero-order valence-electron chi connectivity index (χ0n) is 9.76. The van der Waals surface area contributed by atoms with Crippen molar-refractivity contribution in [3.8, 4) is 10.4 Å². The highest BCUT2D eigenvalue weighted by molar-refractivity contribution is 7.13. The first kappa shape index (κ1) is 11.0. The molecule has 0 aliphatic rings. The number of imidazole rings is 1. The zero-order chi connectivity index (χ0) is 12.2. The van der Waals surface area contributed by atoms with E-state index in [9.17, 15) is 0 Å². The van der Waals surface area contributed by atoms with Crippen molar-refractivity contribution in [2.24, 2.45) is 0 Å². The highest BCUT2D eigenvalue weighted by Crippen LogP contribution is 2.27. The fourth-order valence-electron chi connectivity index (χ4n) is 1.77. The minimum absolute atomic E-state index is 0.789. The highest BCUT2D eigenvalue weighted by Gasteiger charge is 2.02. The summed E-state index contributed by atoms with van der Waals surface area (Å²) in [7, 11) is 0. The molecule has 0 aliphatic heterocycles. The van der Waals surface area contributed by atoms with Crippen molar-refractivity contribution >= 4 is 17.3 Å². The summed E-state index contributed by atoms with van der Waals surface area (Å²) in [6.45, 7) is 0.789. The van der Waals surface area contributed by atoms with Gasteiger partial charge in [-0.3, -0.25) is 0 Å². The molecule has 0 bridgehead atoms. The summed E-state index contributed by atoms with van der Waals surface area (Å²) in [6, 6.07) is 12.7. The lowest BCUT2D eigenvalue weighted by Gasteiger charge is -1.99. The molecule has 4 heteroatoms. The Morgan fingerprint density at radius 3 is 2.89 bits per heavy atom. The quantitative estimate of drug-likeness (QED) is 0.745. The Balaban J connectivity index is 1.70. The standard InChI is InChI=1S/C14H13N3S/c1-2-4-12(5-3-1)13-8-11(10-18-13)9-17-14-15-6-7-16-14/h1-8,10H,9H2,(H2,15,16,17). The van der Waals surface area contributed by atoms with Gasteiger partial charge in [0.25, 0.3) is 0 Å². The summed E-state index contributed by atoms with van der Waals surface area (Å²) in [5.41, 5.74) is 2.54. The molecule has 0 atom stereocenters. The van der Waals surface area contributed by atoms with Crippen LogP contribution in [0.5, 0.6) is 0 Å². The molecule has 1 aromatic carbocycles. The number of nitrogens with zero attached hydrogens (tertiary/aromatic N) is 1. The predicted molar refractivity (Wildman–Crippen MR) is 75.7 cm³/mol. The SMILES string of the molecule is c1ccc(-c2cc(CNc3ncc[nH]3)cs2)cc1. The van der Waals surface area contributed by atoms with Gasteiger partial charge in [0.1, 0.15) is 0 Å². The summed E-state index contributed by atoms with van der Waals surface area (Å²) in [5, 5.41) is 5.42. The van der Waals surface area contributed by atoms with E-state index in [1.807, 2.05) is 12.3 Å². The summed E-state index contributed by atoms with van der Waals surface area (Å²) < 4.78 is 0. The number of benzene rings is 1. The van der Waals surface area contributed by atoms with Crippen molar-refractivity contribution in [2.75, 3.05) is 5.32 Å². The second-order valence-corrected chi connectivity index (χ2v) is 4.89. The Morgan fingerprint density at radius 2 is 2.11 bits per heavy atom. The highest BCUT2D eigenvalue weighted by atomic mass is 32.1. The number of aromatic nitrogens is 2. The Hall–Kier alpha value is -2.07. The molecule has 0 amide bonds. The van der Waals surface area contributed by atoms with Crippen LogP contribution in [-0.4, -0.2) is 9.97 Å². The van der Waals surface area contributed by atoms with E-state index in [1.54, 1.807) is 17.5 Å². The van der Waals surface area contributed by atoms with Crippen LogP contribution in [0.3, 0.4) is 0 Å². The first-order chi connectivity index (χ1) is 8.92. The van der Waals surface area contributed by atoms with Gasteiger partial charge < -0.3 is 10.3 Å². The van der Waals surface area contributed by atoms with Gasteiger partial charge in [0, 0.05) is 23.8 Å². The smallest absolute Gasteiger partial charge is 0.200 e. The number of nitrogens with one attached hydrogen (secondary N) is 2. The lowest BCUT2D eigenvalue weighted by molar-refractivity contribution is 1.10. The molecule has 0 aliphatic carbocycles. The van der Waals surface area contributed by atoms with Gasteiger partial charge in [0.2, 0.25) is 0 Å². The van der Waals surface area contributed by atoms with Crippen LogP contribution in [-0.2, 0) is 6.54 Å². The number of H-pyrrole nitrogens is 1. The molecular weight excluding hydrogens is 242 g/mol. The number of thiophene rings is 1. The van der Waals surface area contributed by atoms with E-state index >= 15 is 0 Å². The van der Waals surface area contributed by atoms with Gasteiger partial charge in [0.15, 0.2) is 5.95 Å². The average molecular weight is 255 g/mol. The van der Waals surface area contributed by atoms with Crippen molar-refractivity contribution in [1.29, 1.82) is 0 Å². The molecule has 0 saturated carbocycles. The number of hydrogen-bond donors (Lipinski definition) is 2. The van der Waals surface area contributed by atoms with Crippen LogP contribution in [0.1, 0.15) is 5.56 Å². The third kappa shape index (κ3) is 2.43. The molecule has 0 radical (unpaired) electrons. The van der Waals surface area contributed by atoms with Gasteiger partial charge in [-0.25, -0.2) is 4.98 Å². The normalized spacial score (nSPS) is 10.4. The van der Waals surface area contributed by atoms with Gasteiger partial charge in [0.05, 0.1) is 0 Å². The van der Waals surface area contributed by atoms with E-state index in [2.05, 4.69) is 51.0 Å². The van der Waals surface area contributed by atoms with Gasteiger partial charge >= 0.3 is 0 Å². The third-order valence-electron chi connectivity index (χ3n) is 2.67. The Bertz CT molecular complexity index is 599. The third-order valence-corrected chi connectivity index (χ3v) is 3.70.